The van der Waals surface area contributed by atoms with Crippen LogP contribution in [0.3, 0.4) is 0 Å². The lowest BCUT2D eigenvalue weighted by molar-refractivity contribution is -0.149. The molecule has 0 rings (SSSR count). The summed E-state index contributed by atoms with van der Waals surface area (Å²) in [7, 11) is 0. The van der Waals surface area contributed by atoms with Gasteiger partial charge < -0.3 is 10.6 Å². The highest BCUT2D eigenvalue weighted by atomic mass is 16.7. The highest BCUT2D eigenvalue weighted by Gasteiger charge is 1.93. The van der Waals surface area contributed by atoms with Gasteiger partial charge in [0.2, 0.25) is 0 Å². The third-order valence-corrected chi connectivity index (χ3v) is 0.497. The Labute approximate surface area is 48.0 Å². The van der Waals surface area contributed by atoms with Crippen molar-refractivity contribution in [3.63, 3.8) is 0 Å². The molecule has 0 spiro atoms. The topological polar surface area (TPSA) is 64.3 Å². The highest BCUT2D eigenvalue weighted by Crippen LogP contribution is 1.64. The van der Waals surface area contributed by atoms with Gasteiger partial charge in [-0.25, -0.2) is 4.79 Å². The zero-order chi connectivity index (χ0) is 6.41. The van der Waals surface area contributed by atoms with Crippen LogP contribution in [0.1, 0.15) is 6.92 Å². The molecule has 0 aliphatic heterocycles. The number of hydrogen-bond donors (Lipinski definition) is 2. The summed E-state index contributed by atoms with van der Waals surface area (Å²) in [6, 6.07) is 0. The summed E-state index contributed by atoms with van der Waals surface area (Å²) in [5.41, 5.74) is 7.27. The fourth-order valence-corrected chi connectivity index (χ4v) is 0.194. The maximum atomic E-state index is 10.2. The minimum absolute atomic E-state index is 0.0764. The number of nitrogens with two attached hydrogens (primary N) is 1. The Morgan fingerprint density at radius 3 is 2.88 bits per heavy atom. The molecule has 8 heavy (non-hydrogen) atoms. The molecular weight excluding hydrogens is 108 g/mol. The van der Waals surface area contributed by atoms with E-state index in [-0.39, 0.29) is 6.54 Å². The molecule has 0 heterocycles. The Hall–Kier alpha value is -0.610. The number of rotatable bonds is 3. The molecule has 0 aromatic heterocycles. The second-order valence-corrected chi connectivity index (χ2v) is 1.18. The average Bonchev–Trinajstić information content (AvgIpc) is 1.83. The van der Waals surface area contributed by atoms with E-state index < -0.39 is 5.97 Å². The summed E-state index contributed by atoms with van der Waals surface area (Å²) in [6.45, 7) is 2.35. The average molecular weight is 118 g/mol. The van der Waals surface area contributed by atoms with Crippen molar-refractivity contribution in [2.75, 3.05) is 13.1 Å². The molecule has 0 aromatic carbocycles. The molecule has 0 bridgehead atoms. The molecule has 0 aliphatic carbocycles. The predicted octanol–water partition coefficient (Wildman–Crippen LogP) is -0.987. The second kappa shape index (κ2) is 4.55. The summed E-state index contributed by atoms with van der Waals surface area (Å²) in [5, 5.41) is 0. The van der Waals surface area contributed by atoms with Crippen molar-refractivity contribution in [2.45, 2.75) is 6.92 Å². The van der Waals surface area contributed by atoms with E-state index in [4.69, 9.17) is 5.73 Å². The van der Waals surface area contributed by atoms with Crippen molar-refractivity contribution in [3.8, 4) is 0 Å². The molecular formula is C4H10N2O2. The molecule has 0 saturated heterocycles. The molecule has 0 amide bonds. The van der Waals surface area contributed by atoms with E-state index in [1.165, 1.54) is 0 Å². The Morgan fingerprint density at radius 2 is 2.50 bits per heavy atom. The molecule has 0 unspecified atom stereocenters. The third-order valence-electron chi connectivity index (χ3n) is 0.497. The van der Waals surface area contributed by atoms with Crippen LogP contribution in [0.5, 0.6) is 0 Å². The summed E-state index contributed by atoms with van der Waals surface area (Å²) >= 11 is 0. The lowest BCUT2D eigenvalue weighted by Crippen LogP contribution is -2.25. The number of carbonyl (C=O) groups excluding carboxylic acids is 1. The monoisotopic (exact) mass is 118 g/mol. The van der Waals surface area contributed by atoms with Gasteiger partial charge in [0.15, 0.2) is 0 Å². The standard InChI is InChI=1S/C4H10N2O2/c1-2-6-8-4(7)3-5/h6H,2-3,5H2,1H3. The van der Waals surface area contributed by atoms with Crippen LogP contribution in [0, 0.1) is 0 Å². The van der Waals surface area contributed by atoms with Crippen LogP contribution in [0.2, 0.25) is 0 Å². The van der Waals surface area contributed by atoms with Crippen molar-refractivity contribution in [2.24, 2.45) is 5.73 Å². The van der Waals surface area contributed by atoms with Crippen LogP contribution in [0.25, 0.3) is 0 Å². The van der Waals surface area contributed by atoms with Gasteiger partial charge in [0, 0.05) is 6.54 Å². The fourth-order valence-electron chi connectivity index (χ4n) is 0.194. The summed E-state index contributed by atoms with van der Waals surface area (Å²) in [6.07, 6.45) is 0. The molecule has 3 N–H and O–H groups in total. The van der Waals surface area contributed by atoms with Crippen LogP contribution in [-0.2, 0) is 9.63 Å². The Balaban J connectivity index is 2.99. The summed E-state index contributed by atoms with van der Waals surface area (Å²) in [4.78, 5) is 14.5. The maximum absolute atomic E-state index is 10.2. The second-order valence-electron chi connectivity index (χ2n) is 1.18. The van der Waals surface area contributed by atoms with E-state index in [1.807, 2.05) is 6.92 Å². The Morgan fingerprint density at radius 1 is 1.88 bits per heavy atom. The zero-order valence-corrected chi connectivity index (χ0v) is 4.81. The molecule has 4 nitrogen and oxygen atoms in total. The van der Waals surface area contributed by atoms with Crippen molar-refractivity contribution in [3.05, 3.63) is 0 Å². The van der Waals surface area contributed by atoms with E-state index in [0.717, 1.165) is 0 Å². The first-order chi connectivity index (χ1) is 3.81. The van der Waals surface area contributed by atoms with Gasteiger partial charge in [-0.05, 0) is 6.92 Å². The smallest absolute Gasteiger partial charge is 0.338 e. The lowest BCUT2D eigenvalue weighted by atomic mass is 10.7. The number of carbonyl (C=O) groups is 1. The lowest BCUT2D eigenvalue weighted by Gasteiger charge is -1.98. The van der Waals surface area contributed by atoms with E-state index >= 15 is 0 Å². The summed E-state index contributed by atoms with van der Waals surface area (Å²) in [5.74, 6) is -0.438. The third kappa shape index (κ3) is 3.58. The number of nitrogens with one attached hydrogen (secondary N) is 1. The van der Waals surface area contributed by atoms with Gasteiger partial charge in [-0.2, -0.15) is 5.48 Å². The quantitative estimate of drug-likeness (QED) is 0.467. The molecule has 0 atom stereocenters. The minimum atomic E-state index is -0.438. The van der Waals surface area contributed by atoms with Gasteiger partial charge >= 0.3 is 5.97 Å². The van der Waals surface area contributed by atoms with Crippen LogP contribution < -0.4 is 11.2 Å². The molecule has 0 radical (unpaired) electrons. The molecule has 48 valence electrons. The predicted molar refractivity (Wildman–Crippen MR) is 28.8 cm³/mol. The largest absolute Gasteiger partial charge is 0.369 e. The van der Waals surface area contributed by atoms with E-state index in [1.54, 1.807) is 0 Å². The molecule has 4 heteroatoms. The SMILES string of the molecule is CCNOC(=O)CN. The Bertz CT molecular complexity index is 74.4. The molecule has 0 aliphatic rings. The zero-order valence-electron chi connectivity index (χ0n) is 4.81. The highest BCUT2D eigenvalue weighted by molar-refractivity contribution is 5.70. The van der Waals surface area contributed by atoms with Crippen LogP contribution >= 0.6 is 0 Å². The van der Waals surface area contributed by atoms with Gasteiger partial charge in [0.25, 0.3) is 0 Å². The normalized spacial score (nSPS) is 8.75. The van der Waals surface area contributed by atoms with Crippen LogP contribution in [0.15, 0.2) is 0 Å². The summed E-state index contributed by atoms with van der Waals surface area (Å²) < 4.78 is 0. The van der Waals surface area contributed by atoms with Gasteiger partial charge in [0.05, 0.1) is 6.54 Å². The Kier molecular flexibility index (Phi) is 4.20. The van der Waals surface area contributed by atoms with E-state index in [0.29, 0.717) is 6.54 Å². The first-order valence-electron chi connectivity index (χ1n) is 2.43. The van der Waals surface area contributed by atoms with E-state index in [2.05, 4.69) is 10.3 Å². The van der Waals surface area contributed by atoms with Gasteiger partial charge in [-0.15, -0.1) is 0 Å². The molecule has 0 fully saturated rings. The number of hydrogen-bond acceptors (Lipinski definition) is 4. The van der Waals surface area contributed by atoms with Crippen LogP contribution in [0.4, 0.5) is 0 Å². The fraction of sp³-hybridized carbons (Fsp3) is 0.750. The van der Waals surface area contributed by atoms with Crippen molar-refractivity contribution in [1.82, 2.24) is 5.48 Å². The van der Waals surface area contributed by atoms with Crippen molar-refractivity contribution < 1.29 is 9.63 Å². The van der Waals surface area contributed by atoms with Crippen molar-refractivity contribution in [1.29, 1.82) is 0 Å². The van der Waals surface area contributed by atoms with Crippen molar-refractivity contribution >= 4 is 5.97 Å². The minimum Gasteiger partial charge on any atom is -0.369 e. The van der Waals surface area contributed by atoms with Crippen LogP contribution in [-0.4, -0.2) is 19.1 Å². The maximum Gasteiger partial charge on any atom is 0.338 e. The van der Waals surface area contributed by atoms with Gasteiger partial charge in [0.1, 0.15) is 0 Å². The van der Waals surface area contributed by atoms with E-state index in [9.17, 15) is 4.79 Å². The molecule has 0 aromatic rings. The first-order valence-corrected chi connectivity index (χ1v) is 2.43. The first kappa shape index (κ1) is 7.39. The molecule has 0 saturated carbocycles. The van der Waals surface area contributed by atoms with Gasteiger partial charge in [-0.1, -0.05) is 0 Å². The number of hydroxylamine groups is 1. The van der Waals surface area contributed by atoms with Gasteiger partial charge in [-0.3, -0.25) is 0 Å².